The van der Waals surface area contributed by atoms with Gasteiger partial charge >= 0.3 is 6.18 Å². The SMILES string of the molecule is Cc1nc(C(F)(F)F)c(C(=O)NC2CCCc3cc(C(=O)NO)ccc32)s1. The van der Waals surface area contributed by atoms with Crippen LogP contribution in [-0.4, -0.2) is 22.0 Å². The number of hydroxylamine groups is 1. The molecule has 0 aliphatic heterocycles. The Kier molecular flexibility index (Phi) is 5.20. The van der Waals surface area contributed by atoms with Gasteiger partial charge in [-0.25, -0.2) is 10.5 Å². The highest BCUT2D eigenvalue weighted by Gasteiger charge is 2.39. The summed E-state index contributed by atoms with van der Waals surface area (Å²) < 4.78 is 39.3. The average molecular weight is 399 g/mol. The number of hydrogen-bond acceptors (Lipinski definition) is 5. The van der Waals surface area contributed by atoms with Crippen molar-refractivity contribution >= 4 is 23.2 Å². The molecule has 10 heteroatoms. The maximum atomic E-state index is 13.1. The number of fused-ring (bicyclic) bond motifs is 1. The molecular formula is C17H16F3N3O3S. The number of halogens is 3. The zero-order valence-electron chi connectivity index (χ0n) is 14.2. The third kappa shape index (κ3) is 3.96. The van der Waals surface area contributed by atoms with Gasteiger partial charge in [0.1, 0.15) is 4.88 Å². The number of benzene rings is 1. The lowest BCUT2D eigenvalue weighted by molar-refractivity contribution is -0.141. The summed E-state index contributed by atoms with van der Waals surface area (Å²) in [6.45, 7) is 1.42. The fourth-order valence-electron chi connectivity index (χ4n) is 3.17. The first kappa shape index (κ1) is 19.3. The molecule has 1 aromatic heterocycles. The first-order chi connectivity index (χ1) is 12.7. The van der Waals surface area contributed by atoms with Crippen LogP contribution in [0.5, 0.6) is 0 Å². The van der Waals surface area contributed by atoms with Gasteiger partial charge in [-0.3, -0.25) is 14.8 Å². The second-order valence-corrected chi connectivity index (χ2v) is 7.38. The summed E-state index contributed by atoms with van der Waals surface area (Å²) in [6, 6.07) is 4.28. The average Bonchev–Trinajstić information content (AvgIpc) is 3.03. The van der Waals surface area contributed by atoms with E-state index >= 15 is 0 Å². The molecule has 1 aliphatic rings. The van der Waals surface area contributed by atoms with Crippen molar-refractivity contribution < 1.29 is 28.0 Å². The van der Waals surface area contributed by atoms with Crippen molar-refractivity contribution in [2.24, 2.45) is 0 Å². The van der Waals surface area contributed by atoms with Gasteiger partial charge < -0.3 is 5.32 Å². The van der Waals surface area contributed by atoms with Crippen LogP contribution in [0, 0.1) is 6.92 Å². The number of nitrogens with one attached hydrogen (secondary N) is 2. The number of carbonyl (C=O) groups excluding carboxylic acids is 2. The van der Waals surface area contributed by atoms with Crippen molar-refractivity contribution in [3.63, 3.8) is 0 Å². The van der Waals surface area contributed by atoms with Crippen LogP contribution in [0.2, 0.25) is 0 Å². The molecular weight excluding hydrogens is 383 g/mol. The van der Waals surface area contributed by atoms with Crippen LogP contribution in [0.4, 0.5) is 13.2 Å². The van der Waals surface area contributed by atoms with Gasteiger partial charge in [0.15, 0.2) is 5.69 Å². The second-order valence-electron chi connectivity index (χ2n) is 6.18. The number of alkyl halides is 3. The highest BCUT2D eigenvalue weighted by Crippen LogP contribution is 2.35. The molecule has 1 aromatic carbocycles. The molecule has 6 nitrogen and oxygen atoms in total. The first-order valence-corrected chi connectivity index (χ1v) is 8.95. The first-order valence-electron chi connectivity index (χ1n) is 8.13. The molecule has 1 unspecified atom stereocenters. The summed E-state index contributed by atoms with van der Waals surface area (Å²) in [5.74, 6) is -1.47. The van der Waals surface area contributed by atoms with Crippen LogP contribution >= 0.6 is 11.3 Å². The molecule has 2 aromatic rings. The van der Waals surface area contributed by atoms with E-state index < -0.39 is 34.6 Å². The quantitative estimate of drug-likeness (QED) is 0.545. The lowest BCUT2D eigenvalue weighted by Crippen LogP contribution is -2.32. The van der Waals surface area contributed by atoms with Gasteiger partial charge in [0.25, 0.3) is 11.8 Å². The van der Waals surface area contributed by atoms with E-state index in [9.17, 15) is 22.8 Å². The number of thiazole rings is 1. The van der Waals surface area contributed by atoms with Crippen molar-refractivity contribution in [3.05, 3.63) is 50.5 Å². The number of aryl methyl sites for hydroxylation is 2. The third-order valence-corrected chi connectivity index (χ3v) is 5.30. The summed E-state index contributed by atoms with van der Waals surface area (Å²) >= 11 is 0.705. The second kappa shape index (κ2) is 7.28. The fraction of sp³-hybridized carbons (Fsp3) is 0.353. The molecule has 0 spiro atoms. The predicted octanol–water partition coefficient (Wildman–Crippen LogP) is 3.40. The van der Waals surface area contributed by atoms with E-state index in [1.165, 1.54) is 13.0 Å². The van der Waals surface area contributed by atoms with Gasteiger partial charge in [-0.05, 0) is 49.4 Å². The Labute approximate surface area is 156 Å². The Morgan fingerprint density at radius 3 is 2.70 bits per heavy atom. The Balaban J connectivity index is 1.86. The fourth-order valence-corrected chi connectivity index (χ4v) is 4.01. The van der Waals surface area contributed by atoms with Crippen LogP contribution in [-0.2, 0) is 12.6 Å². The molecule has 27 heavy (non-hydrogen) atoms. The Morgan fingerprint density at radius 2 is 2.04 bits per heavy atom. The number of aromatic nitrogens is 1. The van der Waals surface area contributed by atoms with E-state index in [1.54, 1.807) is 17.6 Å². The molecule has 3 rings (SSSR count). The molecule has 2 amide bonds. The summed E-state index contributed by atoms with van der Waals surface area (Å²) in [6.07, 6.45) is -2.75. The molecule has 1 aliphatic carbocycles. The molecule has 3 N–H and O–H groups in total. The van der Waals surface area contributed by atoms with Gasteiger partial charge in [-0.1, -0.05) is 6.07 Å². The molecule has 1 heterocycles. The zero-order valence-corrected chi connectivity index (χ0v) is 15.0. The highest BCUT2D eigenvalue weighted by molar-refractivity contribution is 7.13. The van der Waals surface area contributed by atoms with Gasteiger partial charge in [0.2, 0.25) is 0 Å². The van der Waals surface area contributed by atoms with E-state index in [4.69, 9.17) is 5.21 Å². The summed E-state index contributed by atoms with van der Waals surface area (Å²) in [5, 5.41) is 11.6. The van der Waals surface area contributed by atoms with Crippen LogP contribution in [0.1, 0.15) is 60.7 Å². The number of nitrogens with zero attached hydrogens (tertiary/aromatic N) is 1. The minimum absolute atomic E-state index is 0.163. The van der Waals surface area contributed by atoms with Crippen molar-refractivity contribution in [3.8, 4) is 0 Å². The van der Waals surface area contributed by atoms with Gasteiger partial charge in [-0.2, -0.15) is 13.2 Å². The van der Waals surface area contributed by atoms with Gasteiger partial charge in [0.05, 0.1) is 11.0 Å². The van der Waals surface area contributed by atoms with E-state index in [0.717, 1.165) is 11.1 Å². The van der Waals surface area contributed by atoms with E-state index in [2.05, 4.69) is 10.3 Å². The van der Waals surface area contributed by atoms with Crippen molar-refractivity contribution in [2.75, 3.05) is 0 Å². The topological polar surface area (TPSA) is 91.3 Å². The van der Waals surface area contributed by atoms with Gasteiger partial charge in [0, 0.05) is 5.56 Å². The minimum atomic E-state index is -4.70. The molecule has 0 saturated carbocycles. The number of hydrogen-bond donors (Lipinski definition) is 3. The van der Waals surface area contributed by atoms with Crippen molar-refractivity contribution in [1.82, 2.24) is 15.8 Å². The summed E-state index contributed by atoms with van der Waals surface area (Å²) in [4.78, 5) is 27.0. The molecule has 0 radical (unpaired) electrons. The van der Waals surface area contributed by atoms with Crippen LogP contribution in [0.3, 0.4) is 0 Å². The largest absolute Gasteiger partial charge is 0.435 e. The molecule has 144 valence electrons. The van der Waals surface area contributed by atoms with Crippen molar-refractivity contribution in [1.29, 1.82) is 0 Å². The third-order valence-electron chi connectivity index (χ3n) is 4.34. The Hall–Kier alpha value is -2.46. The molecule has 0 fully saturated rings. The van der Waals surface area contributed by atoms with Crippen LogP contribution < -0.4 is 10.8 Å². The standard InChI is InChI=1S/C17H16F3N3O3S/c1-8-21-14(17(18,19)20)13(27-8)16(25)22-12-4-2-3-9-7-10(15(24)23-26)5-6-11(9)12/h5-7,12,26H,2-4H2,1H3,(H,22,25)(H,23,24). The van der Waals surface area contributed by atoms with Gasteiger partial charge in [-0.15, -0.1) is 11.3 Å². The van der Waals surface area contributed by atoms with E-state index in [1.807, 2.05) is 0 Å². The monoisotopic (exact) mass is 399 g/mol. The Morgan fingerprint density at radius 1 is 1.30 bits per heavy atom. The highest BCUT2D eigenvalue weighted by atomic mass is 32.1. The minimum Gasteiger partial charge on any atom is -0.344 e. The van der Waals surface area contributed by atoms with Crippen LogP contribution in [0.15, 0.2) is 18.2 Å². The molecule has 0 saturated heterocycles. The predicted molar refractivity (Wildman–Crippen MR) is 90.7 cm³/mol. The van der Waals surface area contributed by atoms with Crippen LogP contribution in [0.25, 0.3) is 0 Å². The number of carbonyl (C=O) groups is 2. The van der Waals surface area contributed by atoms with E-state index in [-0.39, 0.29) is 10.6 Å². The smallest absolute Gasteiger partial charge is 0.344 e. The van der Waals surface area contributed by atoms with E-state index in [0.29, 0.717) is 30.6 Å². The normalized spacial score (nSPS) is 16.6. The maximum absolute atomic E-state index is 13.1. The maximum Gasteiger partial charge on any atom is 0.435 e. The summed E-state index contributed by atoms with van der Waals surface area (Å²) in [5.41, 5.74) is 2.21. The molecule has 0 bridgehead atoms. The zero-order chi connectivity index (χ0) is 19.8. The molecule has 1 atom stereocenters. The Bertz CT molecular complexity index is 895. The van der Waals surface area contributed by atoms with Crippen molar-refractivity contribution in [2.45, 2.75) is 38.4 Å². The lowest BCUT2D eigenvalue weighted by Gasteiger charge is -2.26. The number of rotatable bonds is 3. The lowest BCUT2D eigenvalue weighted by atomic mass is 9.86. The number of amides is 2. The summed E-state index contributed by atoms with van der Waals surface area (Å²) in [7, 11) is 0.